The van der Waals surface area contributed by atoms with Gasteiger partial charge in [-0.05, 0) is 23.3 Å². The largest absolute Gasteiger partial charge is 0.322 e. The van der Waals surface area contributed by atoms with Crippen LogP contribution in [0.4, 0.5) is 0 Å². The highest BCUT2D eigenvalue weighted by Crippen LogP contribution is 2.32. The lowest BCUT2D eigenvalue weighted by Gasteiger charge is -2.22. The molecule has 2 aromatic carbocycles. The molecule has 0 saturated heterocycles. The number of nitrogens with two attached hydrogens (primary N) is 2. The molecule has 0 unspecified atom stereocenters. The molecular formula is C14H14Br2N2. The third kappa shape index (κ3) is 2.83. The van der Waals surface area contributed by atoms with Crippen LogP contribution in [0.1, 0.15) is 23.2 Å². The van der Waals surface area contributed by atoms with Crippen LogP contribution in [0.5, 0.6) is 0 Å². The van der Waals surface area contributed by atoms with Crippen molar-refractivity contribution in [3.63, 3.8) is 0 Å². The van der Waals surface area contributed by atoms with Crippen LogP contribution in [0, 0.1) is 0 Å². The molecule has 0 bridgehead atoms. The Balaban J connectivity index is 2.33. The van der Waals surface area contributed by atoms with Gasteiger partial charge in [-0.3, -0.25) is 0 Å². The monoisotopic (exact) mass is 368 g/mol. The van der Waals surface area contributed by atoms with Gasteiger partial charge in [-0.25, -0.2) is 0 Å². The van der Waals surface area contributed by atoms with Gasteiger partial charge in [0.1, 0.15) is 0 Å². The van der Waals surface area contributed by atoms with E-state index >= 15 is 0 Å². The third-order valence-corrected chi connectivity index (χ3v) is 4.36. The van der Waals surface area contributed by atoms with Gasteiger partial charge in [-0.15, -0.1) is 0 Å². The second-order valence-electron chi connectivity index (χ2n) is 4.09. The number of rotatable bonds is 3. The first-order valence-electron chi connectivity index (χ1n) is 5.61. The van der Waals surface area contributed by atoms with Crippen molar-refractivity contribution >= 4 is 31.9 Å². The second kappa shape index (κ2) is 5.97. The summed E-state index contributed by atoms with van der Waals surface area (Å²) >= 11 is 7.02. The molecule has 0 radical (unpaired) electrons. The summed E-state index contributed by atoms with van der Waals surface area (Å²) in [6.07, 6.45) is 0. The predicted octanol–water partition coefficient (Wildman–Crippen LogP) is 3.91. The molecule has 2 atom stereocenters. The molecule has 0 aliphatic heterocycles. The Morgan fingerprint density at radius 2 is 1.00 bits per heavy atom. The van der Waals surface area contributed by atoms with E-state index in [9.17, 15) is 0 Å². The lowest BCUT2D eigenvalue weighted by molar-refractivity contribution is 0.570. The molecule has 0 fully saturated rings. The summed E-state index contributed by atoms with van der Waals surface area (Å²) in [5.41, 5.74) is 14.6. The normalized spacial score (nSPS) is 14.2. The quantitative estimate of drug-likeness (QED) is 0.861. The highest BCUT2D eigenvalue weighted by molar-refractivity contribution is 9.10. The zero-order valence-corrected chi connectivity index (χ0v) is 12.9. The third-order valence-electron chi connectivity index (χ3n) is 2.92. The molecule has 0 spiro atoms. The molecule has 2 rings (SSSR count). The molecule has 0 amide bonds. The van der Waals surface area contributed by atoms with Crippen LogP contribution in [0.3, 0.4) is 0 Å². The number of hydrogen-bond donors (Lipinski definition) is 2. The van der Waals surface area contributed by atoms with E-state index in [4.69, 9.17) is 11.5 Å². The highest BCUT2D eigenvalue weighted by atomic mass is 79.9. The van der Waals surface area contributed by atoms with E-state index in [0.29, 0.717) is 0 Å². The molecule has 4 N–H and O–H groups in total. The van der Waals surface area contributed by atoms with Crippen molar-refractivity contribution in [1.29, 1.82) is 0 Å². The van der Waals surface area contributed by atoms with Gasteiger partial charge in [0.15, 0.2) is 0 Å². The number of halogens is 2. The van der Waals surface area contributed by atoms with Gasteiger partial charge in [0.05, 0.1) is 12.1 Å². The Labute approximate surface area is 124 Å². The molecule has 0 aliphatic rings. The van der Waals surface area contributed by atoms with E-state index in [1.54, 1.807) is 0 Å². The Hall–Kier alpha value is -0.680. The molecule has 18 heavy (non-hydrogen) atoms. The summed E-state index contributed by atoms with van der Waals surface area (Å²) in [5, 5.41) is 0. The van der Waals surface area contributed by atoms with E-state index in [2.05, 4.69) is 31.9 Å². The Bertz CT molecular complexity index is 493. The summed E-state index contributed by atoms with van der Waals surface area (Å²) in [4.78, 5) is 0. The fourth-order valence-electron chi connectivity index (χ4n) is 1.88. The maximum atomic E-state index is 6.26. The number of benzene rings is 2. The topological polar surface area (TPSA) is 52.0 Å². The number of hydrogen-bond acceptors (Lipinski definition) is 2. The standard InChI is InChI=1S/C14H14Br2N2/c15-11-7-3-1-5-9(11)13(17)14(18)10-6-2-4-8-12(10)16/h1-8,13-14H,17-18H2/t13-,14-/m0/s1. The molecular weight excluding hydrogens is 356 g/mol. The van der Waals surface area contributed by atoms with Gasteiger partial charge in [0, 0.05) is 8.95 Å². The van der Waals surface area contributed by atoms with Crippen LogP contribution in [0.2, 0.25) is 0 Å². The Morgan fingerprint density at radius 3 is 1.33 bits per heavy atom. The van der Waals surface area contributed by atoms with Crippen LogP contribution in [-0.4, -0.2) is 0 Å². The summed E-state index contributed by atoms with van der Waals surface area (Å²) < 4.78 is 1.97. The first-order chi connectivity index (χ1) is 8.61. The lowest BCUT2D eigenvalue weighted by atomic mass is 9.95. The summed E-state index contributed by atoms with van der Waals surface area (Å²) in [6.45, 7) is 0. The smallest absolute Gasteiger partial charge is 0.0502 e. The SMILES string of the molecule is N[C@@H](c1ccccc1Br)[C@@H](N)c1ccccc1Br. The van der Waals surface area contributed by atoms with Crippen molar-refractivity contribution in [2.24, 2.45) is 11.5 Å². The van der Waals surface area contributed by atoms with E-state index < -0.39 is 0 Å². The van der Waals surface area contributed by atoms with Crippen LogP contribution < -0.4 is 11.5 Å². The van der Waals surface area contributed by atoms with Crippen molar-refractivity contribution in [3.05, 3.63) is 68.6 Å². The molecule has 0 aromatic heterocycles. The molecule has 0 heterocycles. The van der Waals surface area contributed by atoms with E-state index in [1.165, 1.54) is 0 Å². The fraction of sp³-hybridized carbons (Fsp3) is 0.143. The van der Waals surface area contributed by atoms with Crippen molar-refractivity contribution in [2.75, 3.05) is 0 Å². The van der Waals surface area contributed by atoms with Crippen molar-refractivity contribution in [3.8, 4) is 0 Å². The second-order valence-corrected chi connectivity index (χ2v) is 5.80. The van der Waals surface area contributed by atoms with Crippen LogP contribution >= 0.6 is 31.9 Å². The molecule has 2 nitrogen and oxygen atoms in total. The average Bonchev–Trinajstić information content (AvgIpc) is 2.38. The van der Waals surface area contributed by atoms with Gasteiger partial charge in [-0.1, -0.05) is 68.3 Å². The van der Waals surface area contributed by atoms with Gasteiger partial charge in [0.25, 0.3) is 0 Å². The van der Waals surface area contributed by atoms with Crippen molar-refractivity contribution in [2.45, 2.75) is 12.1 Å². The average molecular weight is 370 g/mol. The van der Waals surface area contributed by atoms with Gasteiger partial charge in [0.2, 0.25) is 0 Å². The summed E-state index contributed by atoms with van der Waals surface area (Å²) in [6, 6.07) is 15.3. The minimum absolute atomic E-state index is 0.251. The molecule has 2 aromatic rings. The van der Waals surface area contributed by atoms with Gasteiger partial charge >= 0.3 is 0 Å². The minimum Gasteiger partial charge on any atom is -0.322 e. The zero-order valence-electron chi connectivity index (χ0n) is 9.68. The van der Waals surface area contributed by atoms with Crippen LogP contribution in [0.15, 0.2) is 57.5 Å². The highest BCUT2D eigenvalue weighted by Gasteiger charge is 2.20. The zero-order chi connectivity index (χ0) is 13.1. The molecule has 0 aliphatic carbocycles. The van der Waals surface area contributed by atoms with Crippen LogP contribution in [0.25, 0.3) is 0 Å². The predicted molar refractivity (Wildman–Crippen MR) is 82.1 cm³/mol. The van der Waals surface area contributed by atoms with Gasteiger partial charge in [-0.2, -0.15) is 0 Å². The summed E-state index contributed by atoms with van der Waals surface area (Å²) in [7, 11) is 0. The minimum atomic E-state index is -0.251. The first kappa shape index (κ1) is 13.7. The summed E-state index contributed by atoms with van der Waals surface area (Å²) in [5.74, 6) is 0. The maximum absolute atomic E-state index is 6.26. The maximum Gasteiger partial charge on any atom is 0.0502 e. The van der Waals surface area contributed by atoms with E-state index in [-0.39, 0.29) is 12.1 Å². The first-order valence-corrected chi connectivity index (χ1v) is 7.20. The van der Waals surface area contributed by atoms with Crippen molar-refractivity contribution in [1.82, 2.24) is 0 Å². The molecule has 4 heteroatoms. The molecule has 0 saturated carbocycles. The Morgan fingerprint density at radius 1 is 0.667 bits per heavy atom. The van der Waals surface area contributed by atoms with E-state index in [1.807, 2.05) is 48.5 Å². The van der Waals surface area contributed by atoms with Gasteiger partial charge < -0.3 is 11.5 Å². The van der Waals surface area contributed by atoms with E-state index in [0.717, 1.165) is 20.1 Å². The van der Waals surface area contributed by atoms with Crippen molar-refractivity contribution < 1.29 is 0 Å². The fourth-order valence-corrected chi connectivity index (χ4v) is 2.98. The van der Waals surface area contributed by atoms with Crippen LogP contribution in [-0.2, 0) is 0 Å². The molecule has 94 valence electrons. The lowest BCUT2D eigenvalue weighted by Crippen LogP contribution is -2.27. The Kier molecular flexibility index (Phi) is 4.56.